The third kappa shape index (κ3) is 3.40. The summed E-state index contributed by atoms with van der Waals surface area (Å²) >= 11 is 0. The molecule has 0 amide bonds. The molecule has 0 radical (unpaired) electrons. The molecule has 108 valence electrons. The number of carbonyl (C=O) groups excluding carboxylic acids is 1. The lowest BCUT2D eigenvalue weighted by atomic mass is 9.85. The maximum absolute atomic E-state index is 12.6. The first-order valence-electron chi connectivity index (χ1n) is 7.56. The van der Waals surface area contributed by atoms with E-state index in [1.54, 1.807) is 0 Å². The molecule has 1 fully saturated rings. The van der Waals surface area contributed by atoms with Crippen molar-refractivity contribution < 1.29 is 9.90 Å². The summed E-state index contributed by atoms with van der Waals surface area (Å²) in [5.41, 5.74) is 1.93. The van der Waals surface area contributed by atoms with Crippen molar-refractivity contribution in [3.63, 3.8) is 0 Å². The number of Topliss-reactive ketones (excluding diaryl/α,β-unsaturated/α-hetero) is 1. The molecule has 1 N–H and O–H groups in total. The number of benzene rings is 2. The SMILES string of the molecule is O=C(C1CC1)[C@H](Cc1ccccc1)[C@H](O)c1ccccc1. The zero-order chi connectivity index (χ0) is 14.7. The Morgan fingerprint density at radius 3 is 2.14 bits per heavy atom. The number of rotatable bonds is 6. The summed E-state index contributed by atoms with van der Waals surface area (Å²) < 4.78 is 0. The second kappa shape index (κ2) is 6.23. The number of carbonyl (C=O) groups is 1. The summed E-state index contributed by atoms with van der Waals surface area (Å²) in [6, 6.07) is 19.5. The molecule has 2 atom stereocenters. The zero-order valence-electron chi connectivity index (χ0n) is 12.0. The van der Waals surface area contributed by atoms with Crippen molar-refractivity contribution in [2.75, 3.05) is 0 Å². The van der Waals surface area contributed by atoms with Crippen LogP contribution < -0.4 is 0 Å². The molecular weight excluding hydrogens is 260 g/mol. The quantitative estimate of drug-likeness (QED) is 0.878. The first-order valence-corrected chi connectivity index (χ1v) is 7.56. The molecule has 1 aliphatic rings. The summed E-state index contributed by atoms with van der Waals surface area (Å²) in [5, 5.41) is 10.7. The third-order valence-electron chi connectivity index (χ3n) is 4.17. The van der Waals surface area contributed by atoms with Crippen molar-refractivity contribution in [3.8, 4) is 0 Å². The van der Waals surface area contributed by atoms with Crippen LogP contribution in [-0.2, 0) is 11.2 Å². The van der Waals surface area contributed by atoms with Crippen molar-refractivity contribution >= 4 is 5.78 Å². The van der Waals surface area contributed by atoms with E-state index in [4.69, 9.17) is 0 Å². The van der Waals surface area contributed by atoms with Crippen LogP contribution in [0.3, 0.4) is 0 Å². The fourth-order valence-corrected chi connectivity index (χ4v) is 2.79. The molecule has 2 nitrogen and oxygen atoms in total. The minimum atomic E-state index is -0.723. The predicted octanol–water partition coefficient (Wildman–Crippen LogP) is 3.56. The second-order valence-corrected chi connectivity index (χ2v) is 5.83. The average Bonchev–Trinajstić information content (AvgIpc) is 3.38. The standard InChI is InChI=1S/C19H20O2/c20-18(15-9-5-2-6-10-15)17(19(21)16-11-12-16)13-14-7-3-1-4-8-14/h1-10,16-18,20H,11-13H2/t17-,18-/m1/s1. The van der Waals surface area contributed by atoms with Crippen LogP contribution in [0.2, 0.25) is 0 Å². The van der Waals surface area contributed by atoms with Gasteiger partial charge in [-0.25, -0.2) is 0 Å². The molecule has 3 rings (SSSR count). The van der Waals surface area contributed by atoms with Crippen LogP contribution in [0.1, 0.15) is 30.1 Å². The molecule has 0 unspecified atom stereocenters. The third-order valence-corrected chi connectivity index (χ3v) is 4.17. The summed E-state index contributed by atoms with van der Waals surface area (Å²) in [7, 11) is 0. The van der Waals surface area contributed by atoms with Crippen LogP contribution in [0, 0.1) is 11.8 Å². The molecule has 1 aliphatic carbocycles. The van der Waals surface area contributed by atoms with Gasteiger partial charge in [-0.1, -0.05) is 60.7 Å². The Kier molecular flexibility index (Phi) is 4.16. The van der Waals surface area contributed by atoms with Crippen LogP contribution in [0.4, 0.5) is 0 Å². The lowest BCUT2D eigenvalue weighted by Gasteiger charge is -2.22. The van der Waals surface area contributed by atoms with E-state index < -0.39 is 6.10 Å². The summed E-state index contributed by atoms with van der Waals surface area (Å²) in [4.78, 5) is 12.6. The average molecular weight is 280 g/mol. The fraction of sp³-hybridized carbons (Fsp3) is 0.316. The van der Waals surface area contributed by atoms with Crippen molar-refractivity contribution in [1.29, 1.82) is 0 Å². The van der Waals surface area contributed by atoms with Crippen LogP contribution in [-0.4, -0.2) is 10.9 Å². The Morgan fingerprint density at radius 1 is 1.00 bits per heavy atom. The number of aliphatic hydroxyl groups is 1. The second-order valence-electron chi connectivity index (χ2n) is 5.83. The van der Waals surface area contributed by atoms with Crippen LogP contribution in [0.5, 0.6) is 0 Å². The fourth-order valence-electron chi connectivity index (χ4n) is 2.79. The molecule has 2 heteroatoms. The summed E-state index contributed by atoms with van der Waals surface area (Å²) in [6.07, 6.45) is 1.84. The molecule has 0 spiro atoms. The van der Waals surface area contributed by atoms with Gasteiger partial charge in [-0.2, -0.15) is 0 Å². The maximum atomic E-state index is 12.6. The molecule has 0 heterocycles. The highest BCUT2D eigenvalue weighted by Gasteiger charge is 2.38. The molecule has 0 saturated heterocycles. The number of aliphatic hydroxyl groups excluding tert-OH is 1. The molecule has 1 saturated carbocycles. The summed E-state index contributed by atoms with van der Waals surface area (Å²) in [5.74, 6) is 0.0366. The van der Waals surface area contributed by atoms with Crippen molar-refractivity contribution in [2.45, 2.75) is 25.4 Å². The van der Waals surface area contributed by atoms with Gasteiger partial charge in [0, 0.05) is 5.92 Å². The lowest BCUT2D eigenvalue weighted by Crippen LogP contribution is -2.26. The molecule has 2 aromatic rings. The Balaban J connectivity index is 1.83. The summed E-state index contributed by atoms with van der Waals surface area (Å²) in [6.45, 7) is 0. The van der Waals surface area contributed by atoms with Crippen LogP contribution in [0.25, 0.3) is 0 Å². The van der Waals surface area contributed by atoms with E-state index in [-0.39, 0.29) is 17.6 Å². The molecule has 0 aliphatic heterocycles. The Hall–Kier alpha value is -1.93. The van der Waals surface area contributed by atoms with Crippen molar-refractivity contribution in [1.82, 2.24) is 0 Å². The van der Waals surface area contributed by atoms with E-state index in [0.29, 0.717) is 6.42 Å². The highest BCUT2D eigenvalue weighted by atomic mass is 16.3. The Labute approximate surface area is 125 Å². The minimum absolute atomic E-state index is 0.164. The Morgan fingerprint density at radius 2 is 1.57 bits per heavy atom. The predicted molar refractivity (Wildman–Crippen MR) is 82.8 cm³/mol. The maximum Gasteiger partial charge on any atom is 0.142 e. The van der Waals surface area contributed by atoms with Gasteiger partial charge in [0.1, 0.15) is 5.78 Å². The van der Waals surface area contributed by atoms with Gasteiger partial charge in [-0.05, 0) is 30.4 Å². The van der Waals surface area contributed by atoms with E-state index in [1.807, 2.05) is 60.7 Å². The molecular formula is C19H20O2. The van der Waals surface area contributed by atoms with Gasteiger partial charge in [0.2, 0.25) is 0 Å². The Bertz CT molecular complexity index is 587. The van der Waals surface area contributed by atoms with Crippen molar-refractivity contribution in [2.24, 2.45) is 11.8 Å². The molecule has 0 bridgehead atoms. The van der Waals surface area contributed by atoms with Gasteiger partial charge in [0.05, 0.1) is 12.0 Å². The molecule has 0 aromatic heterocycles. The van der Waals surface area contributed by atoms with Gasteiger partial charge in [-0.15, -0.1) is 0 Å². The smallest absolute Gasteiger partial charge is 0.142 e. The van der Waals surface area contributed by atoms with Crippen LogP contribution in [0.15, 0.2) is 60.7 Å². The monoisotopic (exact) mass is 280 g/mol. The normalized spacial score (nSPS) is 17.2. The number of hydrogen-bond acceptors (Lipinski definition) is 2. The van der Waals surface area contributed by atoms with Gasteiger partial charge >= 0.3 is 0 Å². The highest BCUT2D eigenvalue weighted by Crippen LogP contribution is 2.37. The van der Waals surface area contributed by atoms with E-state index in [2.05, 4.69) is 0 Å². The topological polar surface area (TPSA) is 37.3 Å². The van der Waals surface area contributed by atoms with Gasteiger partial charge in [0.25, 0.3) is 0 Å². The van der Waals surface area contributed by atoms with E-state index >= 15 is 0 Å². The number of ketones is 1. The van der Waals surface area contributed by atoms with Crippen LogP contribution >= 0.6 is 0 Å². The van der Waals surface area contributed by atoms with Gasteiger partial charge in [0.15, 0.2) is 0 Å². The largest absolute Gasteiger partial charge is 0.388 e. The van der Waals surface area contributed by atoms with E-state index in [1.165, 1.54) is 0 Å². The first-order chi connectivity index (χ1) is 10.3. The zero-order valence-corrected chi connectivity index (χ0v) is 12.0. The minimum Gasteiger partial charge on any atom is -0.388 e. The molecule has 21 heavy (non-hydrogen) atoms. The van der Waals surface area contributed by atoms with E-state index in [0.717, 1.165) is 24.0 Å². The highest BCUT2D eigenvalue weighted by molar-refractivity contribution is 5.86. The lowest BCUT2D eigenvalue weighted by molar-refractivity contribution is -0.127. The van der Waals surface area contributed by atoms with E-state index in [9.17, 15) is 9.90 Å². The molecule has 2 aromatic carbocycles. The van der Waals surface area contributed by atoms with Gasteiger partial charge < -0.3 is 5.11 Å². The number of hydrogen-bond donors (Lipinski definition) is 1. The van der Waals surface area contributed by atoms with Gasteiger partial charge in [-0.3, -0.25) is 4.79 Å². The first kappa shape index (κ1) is 14.0. The van der Waals surface area contributed by atoms with Crippen molar-refractivity contribution in [3.05, 3.63) is 71.8 Å².